The maximum absolute atomic E-state index is 2.38. The molecule has 174 valence electrons. The summed E-state index contributed by atoms with van der Waals surface area (Å²) in [5.41, 5.74) is 15.7. The van der Waals surface area contributed by atoms with Gasteiger partial charge in [0, 0.05) is 0 Å². The number of hydrogen-bond acceptors (Lipinski definition) is 0. The molecule has 0 bridgehead atoms. The summed E-state index contributed by atoms with van der Waals surface area (Å²) in [6, 6.07) is 52.8. The Morgan fingerprint density at radius 2 is 0.757 bits per heavy atom. The molecule has 7 rings (SSSR count). The van der Waals surface area contributed by atoms with Crippen LogP contribution in [0.4, 0.5) is 0 Å². The lowest BCUT2D eigenvalue weighted by Crippen LogP contribution is -1.88. The van der Waals surface area contributed by atoms with E-state index < -0.39 is 0 Å². The normalized spacial score (nSPS) is 11.7. The van der Waals surface area contributed by atoms with Crippen molar-refractivity contribution in [1.29, 1.82) is 0 Å². The lowest BCUT2D eigenvalue weighted by molar-refractivity contribution is 1.26. The molecule has 0 spiro atoms. The Labute approximate surface area is 218 Å². The topological polar surface area (TPSA) is 0 Å². The van der Waals surface area contributed by atoms with E-state index in [1.165, 1.54) is 66.8 Å². The fraction of sp³-hybridized carbons (Fsp3) is 0.0270. The van der Waals surface area contributed by atoms with E-state index in [0.717, 1.165) is 6.42 Å². The Morgan fingerprint density at radius 1 is 0.297 bits per heavy atom. The van der Waals surface area contributed by atoms with Crippen LogP contribution in [0.15, 0.2) is 146 Å². The van der Waals surface area contributed by atoms with E-state index in [0.29, 0.717) is 0 Å². The van der Waals surface area contributed by atoms with Crippen molar-refractivity contribution in [3.63, 3.8) is 0 Å². The summed E-state index contributed by atoms with van der Waals surface area (Å²) >= 11 is 0. The molecule has 0 heterocycles. The minimum absolute atomic E-state index is 0.969. The standard InChI is InChI=1S/C37H26/c1-3-8-26(9-4-1)28-14-16-30(17-15-28)32-22-23-35-33(24-32)25-37-34(12-7-13-36(35)37)31-20-18-29(19-21-31)27-10-5-2-6-11-27/h1-24H,25H2. The Balaban J connectivity index is 1.19. The molecule has 0 nitrogen and oxygen atoms in total. The van der Waals surface area contributed by atoms with Gasteiger partial charge in [-0.25, -0.2) is 0 Å². The van der Waals surface area contributed by atoms with E-state index in [4.69, 9.17) is 0 Å². The highest BCUT2D eigenvalue weighted by atomic mass is 14.3. The average Bonchev–Trinajstić information content (AvgIpc) is 3.36. The van der Waals surface area contributed by atoms with Crippen molar-refractivity contribution in [1.82, 2.24) is 0 Å². The summed E-state index contributed by atoms with van der Waals surface area (Å²) in [6.45, 7) is 0. The van der Waals surface area contributed by atoms with E-state index in [9.17, 15) is 0 Å². The molecule has 0 amide bonds. The van der Waals surface area contributed by atoms with Crippen molar-refractivity contribution in [2.75, 3.05) is 0 Å². The SMILES string of the molecule is c1ccc(-c2ccc(-c3ccc4c(c3)Cc3c(-c5ccc(-c6ccccc6)cc5)cccc3-4)cc2)cc1. The highest BCUT2D eigenvalue weighted by molar-refractivity contribution is 5.87. The largest absolute Gasteiger partial charge is 0.0622 e. The van der Waals surface area contributed by atoms with Gasteiger partial charge in [-0.15, -0.1) is 0 Å². The second-order valence-corrected chi connectivity index (χ2v) is 9.77. The molecule has 0 N–H and O–H groups in total. The molecule has 0 radical (unpaired) electrons. The molecule has 0 aromatic heterocycles. The first-order valence-electron chi connectivity index (χ1n) is 12.9. The molecule has 0 unspecified atom stereocenters. The zero-order valence-corrected chi connectivity index (χ0v) is 20.6. The van der Waals surface area contributed by atoms with Gasteiger partial charge in [0.05, 0.1) is 0 Å². The van der Waals surface area contributed by atoms with Crippen molar-refractivity contribution < 1.29 is 0 Å². The van der Waals surface area contributed by atoms with Gasteiger partial charge in [0.25, 0.3) is 0 Å². The number of rotatable bonds is 4. The summed E-state index contributed by atoms with van der Waals surface area (Å²) in [5, 5.41) is 0. The zero-order chi connectivity index (χ0) is 24.6. The Morgan fingerprint density at radius 3 is 1.35 bits per heavy atom. The highest BCUT2D eigenvalue weighted by Gasteiger charge is 2.22. The molecule has 0 saturated carbocycles. The van der Waals surface area contributed by atoms with Crippen LogP contribution in [0.2, 0.25) is 0 Å². The quantitative estimate of drug-likeness (QED) is 0.240. The molecule has 6 aromatic rings. The van der Waals surface area contributed by atoms with Crippen molar-refractivity contribution in [3.05, 3.63) is 157 Å². The van der Waals surface area contributed by atoms with Crippen LogP contribution in [0, 0.1) is 0 Å². The first-order valence-corrected chi connectivity index (χ1v) is 12.9. The van der Waals surface area contributed by atoms with Gasteiger partial charge in [0.1, 0.15) is 0 Å². The molecule has 6 aromatic carbocycles. The van der Waals surface area contributed by atoms with Crippen molar-refractivity contribution in [3.8, 4) is 55.6 Å². The predicted molar refractivity (Wildman–Crippen MR) is 156 cm³/mol. The predicted octanol–water partition coefficient (Wildman–Crippen LogP) is 9.93. The summed E-state index contributed by atoms with van der Waals surface area (Å²) in [6.07, 6.45) is 0.969. The summed E-state index contributed by atoms with van der Waals surface area (Å²) < 4.78 is 0. The maximum atomic E-state index is 2.38. The van der Waals surface area contributed by atoms with Gasteiger partial charge >= 0.3 is 0 Å². The average molecular weight is 471 g/mol. The summed E-state index contributed by atoms with van der Waals surface area (Å²) in [5.74, 6) is 0. The molecule has 1 aliphatic carbocycles. The fourth-order valence-corrected chi connectivity index (χ4v) is 5.63. The van der Waals surface area contributed by atoms with Gasteiger partial charge in [-0.3, -0.25) is 0 Å². The van der Waals surface area contributed by atoms with Crippen LogP contribution in [0.1, 0.15) is 11.1 Å². The van der Waals surface area contributed by atoms with Crippen LogP contribution in [0.3, 0.4) is 0 Å². The number of hydrogen-bond donors (Lipinski definition) is 0. The van der Waals surface area contributed by atoms with Crippen LogP contribution < -0.4 is 0 Å². The molecular weight excluding hydrogens is 444 g/mol. The van der Waals surface area contributed by atoms with E-state index >= 15 is 0 Å². The van der Waals surface area contributed by atoms with Crippen LogP contribution in [-0.2, 0) is 6.42 Å². The van der Waals surface area contributed by atoms with Gasteiger partial charge in [0.15, 0.2) is 0 Å². The third-order valence-corrected chi connectivity index (χ3v) is 7.57. The zero-order valence-electron chi connectivity index (χ0n) is 20.6. The lowest BCUT2D eigenvalue weighted by atomic mass is 9.94. The van der Waals surface area contributed by atoms with Crippen molar-refractivity contribution in [2.45, 2.75) is 6.42 Å². The third kappa shape index (κ3) is 3.97. The lowest BCUT2D eigenvalue weighted by Gasteiger charge is -2.10. The van der Waals surface area contributed by atoms with Crippen LogP contribution >= 0.6 is 0 Å². The molecule has 0 fully saturated rings. The smallest absolute Gasteiger partial charge is 0.000707 e. The van der Waals surface area contributed by atoms with E-state index in [1.807, 2.05) is 0 Å². The third-order valence-electron chi connectivity index (χ3n) is 7.57. The summed E-state index contributed by atoms with van der Waals surface area (Å²) in [4.78, 5) is 0. The molecule has 0 aliphatic heterocycles. The van der Waals surface area contributed by atoms with Crippen molar-refractivity contribution in [2.24, 2.45) is 0 Å². The number of benzene rings is 6. The van der Waals surface area contributed by atoms with E-state index in [-0.39, 0.29) is 0 Å². The minimum Gasteiger partial charge on any atom is -0.0622 e. The second kappa shape index (κ2) is 9.08. The number of fused-ring (bicyclic) bond motifs is 3. The van der Waals surface area contributed by atoms with E-state index in [1.54, 1.807) is 0 Å². The summed E-state index contributed by atoms with van der Waals surface area (Å²) in [7, 11) is 0. The van der Waals surface area contributed by atoms with Gasteiger partial charge in [-0.2, -0.15) is 0 Å². The van der Waals surface area contributed by atoms with Gasteiger partial charge in [0.2, 0.25) is 0 Å². The van der Waals surface area contributed by atoms with Gasteiger partial charge in [-0.1, -0.05) is 146 Å². The minimum atomic E-state index is 0.969. The fourth-order valence-electron chi connectivity index (χ4n) is 5.63. The van der Waals surface area contributed by atoms with Crippen LogP contribution in [0.5, 0.6) is 0 Å². The first kappa shape index (κ1) is 21.6. The molecule has 37 heavy (non-hydrogen) atoms. The molecule has 1 aliphatic rings. The monoisotopic (exact) mass is 470 g/mol. The van der Waals surface area contributed by atoms with Crippen molar-refractivity contribution >= 4 is 0 Å². The van der Waals surface area contributed by atoms with Crippen LogP contribution in [-0.4, -0.2) is 0 Å². The molecular formula is C37H26. The Bertz CT molecular complexity index is 1690. The first-order chi connectivity index (χ1) is 18.3. The van der Waals surface area contributed by atoms with Crippen LogP contribution in [0.25, 0.3) is 55.6 Å². The Hall–Kier alpha value is -4.68. The maximum Gasteiger partial charge on any atom is -0.000707 e. The molecule has 0 heteroatoms. The molecule has 0 saturated heterocycles. The van der Waals surface area contributed by atoms with E-state index in [2.05, 4.69) is 146 Å². The van der Waals surface area contributed by atoms with Gasteiger partial charge < -0.3 is 0 Å². The second-order valence-electron chi connectivity index (χ2n) is 9.77. The Kier molecular flexibility index (Phi) is 5.30. The molecule has 0 atom stereocenters. The highest BCUT2D eigenvalue weighted by Crippen LogP contribution is 2.43. The van der Waals surface area contributed by atoms with Gasteiger partial charge in [-0.05, 0) is 73.2 Å².